The molecule has 0 bridgehead atoms. The van der Waals surface area contributed by atoms with Crippen molar-refractivity contribution in [2.24, 2.45) is 5.92 Å². The first-order valence-electron chi connectivity index (χ1n) is 7.25. The van der Waals surface area contributed by atoms with Gasteiger partial charge in [-0.3, -0.25) is 0 Å². The Morgan fingerprint density at radius 2 is 2.06 bits per heavy atom. The Morgan fingerprint density at radius 1 is 1.28 bits per heavy atom. The van der Waals surface area contributed by atoms with Crippen molar-refractivity contribution in [3.05, 3.63) is 35.4 Å². The number of likely N-dealkylation sites (tertiary alicyclic amines) is 1. The number of benzene rings is 1. The average Bonchev–Trinajstić information content (AvgIpc) is 2.39. The molecular formula is C16H26N2. The van der Waals surface area contributed by atoms with Crippen molar-refractivity contribution in [3.63, 3.8) is 0 Å². The zero-order valence-corrected chi connectivity index (χ0v) is 11.8. The van der Waals surface area contributed by atoms with Crippen LogP contribution in [0.5, 0.6) is 0 Å². The highest BCUT2D eigenvalue weighted by atomic mass is 15.1. The van der Waals surface area contributed by atoms with Crippen molar-refractivity contribution in [3.8, 4) is 0 Å². The number of rotatable bonds is 5. The fraction of sp³-hybridized carbons (Fsp3) is 0.625. The SMILES string of the molecule is CCc1ccccc1CNCC1CCCN(C)C1. The molecule has 0 aromatic heterocycles. The average molecular weight is 246 g/mol. The van der Waals surface area contributed by atoms with Crippen molar-refractivity contribution >= 4 is 0 Å². The van der Waals surface area contributed by atoms with E-state index in [0.29, 0.717) is 0 Å². The predicted octanol–water partition coefficient (Wildman–Crippen LogP) is 2.68. The van der Waals surface area contributed by atoms with E-state index in [0.717, 1.165) is 25.4 Å². The summed E-state index contributed by atoms with van der Waals surface area (Å²) in [5.74, 6) is 0.831. The Balaban J connectivity index is 1.77. The molecule has 1 N–H and O–H groups in total. The Kier molecular flexibility index (Phi) is 5.21. The van der Waals surface area contributed by atoms with Gasteiger partial charge in [0.15, 0.2) is 0 Å². The maximum atomic E-state index is 3.64. The molecule has 1 fully saturated rings. The number of piperidine rings is 1. The lowest BCUT2D eigenvalue weighted by Gasteiger charge is -2.29. The predicted molar refractivity (Wildman–Crippen MR) is 77.7 cm³/mol. The van der Waals surface area contributed by atoms with Crippen molar-refractivity contribution in [2.45, 2.75) is 32.7 Å². The van der Waals surface area contributed by atoms with Crippen LogP contribution in [0.4, 0.5) is 0 Å². The van der Waals surface area contributed by atoms with Crippen LogP contribution in [0.2, 0.25) is 0 Å². The zero-order chi connectivity index (χ0) is 12.8. The molecule has 1 unspecified atom stereocenters. The summed E-state index contributed by atoms with van der Waals surface area (Å²) in [6.07, 6.45) is 3.87. The highest BCUT2D eigenvalue weighted by Crippen LogP contribution is 2.14. The van der Waals surface area contributed by atoms with Gasteiger partial charge in [-0.15, -0.1) is 0 Å². The molecule has 0 amide bonds. The normalized spacial score (nSPS) is 21.1. The second-order valence-corrected chi connectivity index (χ2v) is 5.52. The number of hydrogen-bond acceptors (Lipinski definition) is 2. The second-order valence-electron chi connectivity index (χ2n) is 5.52. The summed E-state index contributed by atoms with van der Waals surface area (Å²) in [6, 6.07) is 8.77. The van der Waals surface area contributed by atoms with E-state index < -0.39 is 0 Å². The van der Waals surface area contributed by atoms with E-state index in [-0.39, 0.29) is 0 Å². The molecule has 2 nitrogen and oxygen atoms in total. The van der Waals surface area contributed by atoms with Gasteiger partial charge in [-0.25, -0.2) is 0 Å². The summed E-state index contributed by atoms with van der Waals surface area (Å²) in [4.78, 5) is 2.45. The summed E-state index contributed by atoms with van der Waals surface area (Å²) in [7, 11) is 2.23. The van der Waals surface area contributed by atoms with Crippen LogP contribution in [-0.2, 0) is 13.0 Å². The van der Waals surface area contributed by atoms with E-state index in [2.05, 4.69) is 48.5 Å². The quantitative estimate of drug-likeness (QED) is 0.859. The molecular weight excluding hydrogens is 220 g/mol. The van der Waals surface area contributed by atoms with Gasteiger partial charge >= 0.3 is 0 Å². The Bertz CT molecular complexity index is 362. The zero-order valence-electron chi connectivity index (χ0n) is 11.8. The van der Waals surface area contributed by atoms with Crippen LogP contribution >= 0.6 is 0 Å². The Hall–Kier alpha value is -0.860. The fourth-order valence-electron chi connectivity index (χ4n) is 2.93. The van der Waals surface area contributed by atoms with Gasteiger partial charge in [0.05, 0.1) is 0 Å². The summed E-state index contributed by atoms with van der Waals surface area (Å²) in [5, 5.41) is 3.64. The maximum Gasteiger partial charge on any atom is 0.0208 e. The van der Waals surface area contributed by atoms with E-state index in [4.69, 9.17) is 0 Å². The van der Waals surface area contributed by atoms with E-state index in [1.807, 2.05) is 0 Å². The minimum absolute atomic E-state index is 0.831. The van der Waals surface area contributed by atoms with Crippen LogP contribution < -0.4 is 5.32 Å². The molecule has 1 aromatic rings. The van der Waals surface area contributed by atoms with Gasteiger partial charge in [0.2, 0.25) is 0 Å². The van der Waals surface area contributed by atoms with Gasteiger partial charge in [-0.1, -0.05) is 31.2 Å². The number of nitrogens with zero attached hydrogens (tertiary/aromatic N) is 1. The molecule has 0 saturated carbocycles. The van der Waals surface area contributed by atoms with Crippen molar-refractivity contribution in [1.82, 2.24) is 10.2 Å². The number of aryl methyl sites for hydroxylation is 1. The van der Waals surface area contributed by atoms with Crippen molar-refractivity contribution in [1.29, 1.82) is 0 Å². The highest BCUT2D eigenvalue weighted by molar-refractivity contribution is 5.26. The number of hydrogen-bond donors (Lipinski definition) is 1. The fourth-order valence-corrected chi connectivity index (χ4v) is 2.93. The molecule has 1 saturated heterocycles. The van der Waals surface area contributed by atoms with E-state index >= 15 is 0 Å². The summed E-state index contributed by atoms with van der Waals surface area (Å²) in [5.41, 5.74) is 2.94. The van der Waals surface area contributed by atoms with E-state index in [9.17, 15) is 0 Å². The van der Waals surface area contributed by atoms with Crippen LogP contribution in [0.15, 0.2) is 24.3 Å². The minimum atomic E-state index is 0.831. The lowest BCUT2D eigenvalue weighted by Crippen LogP contribution is -2.37. The first kappa shape index (κ1) is 13.6. The topological polar surface area (TPSA) is 15.3 Å². The molecule has 0 aliphatic carbocycles. The smallest absolute Gasteiger partial charge is 0.0208 e. The first-order chi connectivity index (χ1) is 8.79. The van der Waals surface area contributed by atoms with Gasteiger partial charge in [-0.2, -0.15) is 0 Å². The Labute approximate surface area is 111 Å². The highest BCUT2D eigenvalue weighted by Gasteiger charge is 2.16. The lowest BCUT2D eigenvalue weighted by molar-refractivity contribution is 0.206. The third-order valence-electron chi connectivity index (χ3n) is 3.97. The standard InChI is InChI=1S/C16H26N2/c1-3-15-8-4-5-9-16(15)12-17-11-14-7-6-10-18(2)13-14/h4-5,8-9,14,17H,3,6-7,10-13H2,1-2H3. The molecule has 1 aromatic carbocycles. The van der Waals surface area contributed by atoms with E-state index in [1.165, 1.54) is 37.1 Å². The van der Waals surface area contributed by atoms with Crippen LogP contribution in [-0.4, -0.2) is 31.6 Å². The van der Waals surface area contributed by atoms with Gasteiger partial charge in [0.1, 0.15) is 0 Å². The van der Waals surface area contributed by atoms with Crippen LogP contribution in [0.1, 0.15) is 30.9 Å². The number of nitrogens with one attached hydrogen (secondary N) is 1. The summed E-state index contributed by atoms with van der Waals surface area (Å²) < 4.78 is 0. The second kappa shape index (κ2) is 6.91. The molecule has 18 heavy (non-hydrogen) atoms. The molecule has 2 rings (SSSR count). The summed E-state index contributed by atoms with van der Waals surface area (Å²) in [6.45, 7) is 6.93. The molecule has 1 atom stereocenters. The van der Waals surface area contributed by atoms with Gasteiger partial charge in [0, 0.05) is 13.1 Å². The molecule has 2 heteroatoms. The third kappa shape index (κ3) is 3.82. The van der Waals surface area contributed by atoms with E-state index in [1.54, 1.807) is 0 Å². The largest absolute Gasteiger partial charge is 0.312 e. The molecule has 0 spiro atoms. The van der Waals surface area contributed by atoms with Crippen molar-refractivity contribution in [2.75, 3.05) is 26.7 Å². The van der Waals surface area contributed by atoms with Crippen molar-refractivity contribution < 1.29 is 0 Å². The maximum absolute atomic E-state index is 3.64. The van der Waals surface area contributed by atoms with Gasteiger partial charge in [0.25, 0.3) is 0 Å². The monoisotopic (exact) mass is 246 g/mol. The van der Waals surface area contributed by atoms with Crippen LogP contribution in [0, 0.1) is 5.92 Å². The Morgan fingerprint density at radius 3 is 2.78 bits per heavy atom. The third-order valence-corrected chi connectivity index (χ3v) is 3.97. The summed E-state index contributed by atoms with van der Waals surface area (Å²) >= 11 is 0. The molecule has 1 heterocycles. The molecule has 100 valence electrons. The van der Waals surface area contributed by atoms with Crippen LogP contribution in [0.3, 0.4) is 0 Å². The molecule has 1 aliphatic heterocycles. The molecule has 0 radical (unpaired) electrons. The van der Waals surface area contributed by atoms with Crippen LogP contribution in [0.25, 0.3) is 0 Å². The minimum Gasteiger partial charge on any atom is -0.312 e. The first-order valence-corrected chi connectivity index (χ1v) is 7.25. The molecule has 1 aliphatic rings. The van der Waals surface area contributed by atoms with Gasteiger partial charge in [-0.05, 0) is 56.4 Å². The lowest BCUT2D eigenvalue weighted by atomic mass is 9.98. The van der Waals surface area contributed by atoms with Gasteiger partial charge < -0.3 is 10.2 Å².